The molecule has 1 heterocycles. The average molecular weight is 501 g/mol. The molecule has 0 unspecified atom stereocenters. The summed E-state index contributed by atoms with van der Waals surface area (Å²) in [6.07, 6.45) is -2.04. The van der Waals surface area contributed by atoms with Gasteiger partial charge in [-0.25, -0.2) is 0 Å². The Morgan fingerprint density at radius 2 is 1.42 bits per heavy atom. The molecule has 1 aliphatic rings. The van der Waals surface area contributed by atoms with Gasteiger partial charge in [-0.05, 0) is 53.9 Å². The second-order valence-electron chi connectivity index (χ2n) is 9.35. The van der Waals surface area contributed by atoms with Crippen molar-refractivity contribution in [1.82, 2.24) is 0 Å². The maximum absolute atomic E-state index is 11.4. The molecule has 1 saturated heterocycles. The minimum Gasteiger partial charge on any atom is -0.387 e. The van der Waals surface area contributed by atoms with Gasteiger partial charge in [0.2, 0.25) is 0 Å². The Bertz CT molecular complexity index is 1260. The molecule has 5 atom stereocenters. The summed E-state index contributed by atoms with van der Waals surface area (Å²) in [6.45, 7) is 4.87. The molecule has 4 aromatic rings. The van der Waals surface area contributed by atoms with Crippen LogP contribution in [-0.4, -0.2) is 35.0 Å². The van der Waals surface area contributed by atoms with Gasteiger partial charge in [0, 0.05) is 4.90 Å². The van der Waals surface area contributed by atoms with E-state index < -0.39 is 23.7 Å². The monoisotopic (exact) mass is 500 g/mol. The van der Waals surface area contributed by atoms with Crippen molar-refractivity contribution in [3.63, 3.8) is 0 Å². The van der Waals surface area contributed by atoms with Gasteiger partial charge in [-0.2, -0.15) is 0 Å². The van der Waals surface area contributed by atoms with Gasteiger partial charge >= 0.3 is 0 Å². The van der Waals surface area contributed by atoms with Crippen LogP contribution in [0.25, 0.3) is 10.8 Å². The van der Waals surface area contributed by atoms with Crippen LogP contribution in [0.2, 0.25) is 0 Å². The first-order chi connectivity index (χ1) is 17.6. The Balaban J connectivity index is 1.33. The fourth-order valence-electron chi connectivity index (χ4n) is 4.55. The lowest BCUT2D eigenvalue weighted by Gasteiger charge is -2.43. The van der Waals surface area contributed by atoms with Crippen molar-refractivity contribution in [3.8, 4) is 0 Å². The van der Waals surface area contributed by atoms with Crippen LogP contribution in [0.4, 0.5) is 0 Å². The van der Waals surface area contributed by atoms with E-state index >= 15 is 0 Å². The van der Waals surface area contributed by atoms with Crippen LogP contribution in [0, 0.1) is 6.92 Å². The summed E-state index contributed by atoms with van der Waals surface area (Å²) in [7, 11) is 0. The van der Waals surface area contributed by atoms with Crippen LogP contribution in [0.5, 0.6) is 0 Å². The number of aliphatic hydroxyl groups excluding tert-OH is 1. The van der Waals surface area contributed by atoms with Crippen molar-refractivity contribution >= 4 is 22.5 Å². The minimum absolute atomic E-state index is 0.252. The van der Waals surface area contributed by atoms with E-state index in [9.17, 15) is 5.11 Å². The highest BCUT2D eigenvalue weighted by atomic mass is 32.2. The van der Waals surface area contributed by atoms with Gasteiger partial charge in [0.15, 0.2) is 0 Å². The molecule has 5 rings (SSSR count). The number of hydrogen-bond acceptors (Lipinski definition) is 5. The van der Waals surface area contributed by atoms with E-state index in [-0.39, 0.29) is 6.10 Å². The van der Waals surface area contributed by atoms with Gasteiger partial charge in [-0.15, -0.1) is 0 Å². The molecule has 0 amide bonds. The SMILES string of the molecule is Cc1ccc(S[C@@H]2O[C@@H](C)[C@H](OCc3ccc4ccccc4c3)[C@@H](OCc3ccccc3)[C@H]2O)cc1. The molecule has 0 saturated carbocycles. The quantitative estimate of drug-likeness (QED) is 0.299. The Morgan fingerprint density at radius 1 is 0.750 bits per heavy atom. The first-order valence-electron chi connectivity index (χ1n) is 12.4. The topological polar surface area (TPSA) is 47.9 Å². The van der Waals surface area contributed by atoms with Gasteiger partial charge in [0.25, 0.3) is 0 Å². The van der Waals surface area contributed by atoms with E-state index in [2.05, 4.69) is 61.5 Å². The zero-order valence-corrected chi connectivity index (χ0v) is 21.4. The Morgan fingerprint density at radius 3 is 2.19 bits per heavy atom. The van der Waals surface area contributed by atoms with Crippen LogP contribution < -0.4 is 0 Å². The Labute approximate surface area is 217 Å². The van der Waals surface area contributed by atoms with E-state index in [0.29, 0.717) is 13.2 Å². The van der Waals surface area contributed by atoms with E-state index in [1.165, 1.54) is 28.1 Å². The number of benzene rings is 4. The maximum atomic E-state index is 11.4. The summed E-state index contributed by atoms with van der Waals surface area (Å²) in [5, 5.41) is 13.8. The van der Waals surface area contributed by atoms with E-state index in [4.69, 9.17) is 14.2 Å². The van der Waals surface area contributed by atoms with Crippen LogP contribution in [0.3, 0.4) is 0 Å². The van der Waals surface area contributed by atoms with Gasteiger partial charge in [-0.3, -0.25) is 0 Å². The summed E-state index contributed by atoms with van der Waals surface area (Å²) in [6, 6.07) is 32.9. The number of hydrogen-bond donors (Lipinski definition) is 1. The lowest BCUT2D eigenvalue weighted by Crippen LogP contribution is -2.57. The van der Waals surface area contributed by atoms with Crippen LogP contribution in [0.1, 0.15) is 23.6 Å². The van der Waals surface area contributed by atoms with E-state index in [1.54, 1.807) is 0 Å². The molecule has 0 bridgehead atoms. The molecule has 4 nitrogen and oxygen atoms in total. The molecule has 0 spiro atoms. The third-order valence-electron chi connectivity index (χ3n) is 6.57. The molecule has 36 heavy (non-hydrogen) atoms. The molecule has 0 aliphatic carbocycles. The summed E-state index contributed by atoms with van der Waals surface area (Å²) < 4.78 is 19.0. The third kappa shape index (κ3) is 6.00. The van der Waals surface area contributed by atoms with E-state index in [0.717, 1.165) is 16.0 Å². The Hall–Kier alpha value is -2.67. The summed E-state index contributed by atoms with van der Waals surface area (Å²) in [5.74, 6) is 0. The summed E-state index contributed by atoms with van der Waals surface area (Å²) in [4.78, 5) is 1.05. The van der Waals surface area contributed by atoms with Crippen molar-refractivity contribution < 1.29 is 19.3 Å². The number of fused-ring (bicyclic) bond motifs is 1. The summed E-state index contributed by atoms with van der Waals surface area (Å²) >= 11 is 1.52. The highest BCUT2D eigenvalue weighted by molar-refractivity contribution is 7.99. The fraction of sp³-hybridized carbons (Fsp3) is 0.290. The molecule has 1 fully saturated rings. The molecule has 0 radical (unpaired) electrons. The third-order valence-corrected chi connectivity index (χ3v) is 7.73. The van der Waals surface area contributed by atoms with Gasteiger partial charge in [-0.1, -0.05) is 96.2 Å². The fourth-order valence-corrected chi connectivity index (χ4v) is 5.63. The molecule has 1 aliphatic heterocycles. The zero-order chi connectivity index (χ0) is 24.9. The smallest absolute Gasteiger partial charge is 0.136 e. The van der Waals surface area contributed by atoms with Crippen molar-refractivity contribution in [3.05, 3.63) is 114 Å². The second kappa shape index (κ2) is 11.6. The number of aliphatic hydroxyl groups is 1. The van der Waals surface area contributed by atoms with Crippen molar-refractivity contribution in [2.75, 3.05) is 0 Å². The predicted molar refractivity (Wildman–Crippen MR) is 145 cm³/mol. The first kappa shape index (κ1) is 25.0. The van der Waals surface area contributed by atoms with Crippen molar-refractivity contribution in [2.24, 2.45) is 0 Å². The van der Waals surface area contributed by atoms with Gasteiger partial charge in [0.1, 0.15) is 23.7 Å². The maximum Gasteiger partial charge on any atom is 0.136 e. The van der Waals surface area contributed by atoms with Gasteiger partial charge in [0.05, 0.1) is 19.3 Å². The van der Waals surface area contributed by atoms with Gasteiger partial charge < -0.3 is 19.3 Å². The molecule has 0 aromatic heterocycles. The lowest BCUT2D eigenvalue weighted by molar-refractivity contribution is -0.229. The molecule has 1 N–H and O–H groups in total. The normalized spacial score (nSPS) is 24.1. The van der Waals surface area contributed by atoms with Crippen LogP contribution >= 0.6 is 11.8 Å². The van der Waals surface area contributed by atoms with Crippen molar-refractivity contribution in [1.29, 1.82) is 0 Å². The van der Waals surface area contributed by atoms with Crippen LogP contribution in [-0.2, 0) is 27.4 Å². The van der Waals surface area contributed by atoms with E-state index in [1.807, 2.05) is 49.4 Å². The minimum atomic E-state index is -0.849. The zero-order valence-electron chi connectivity index (χ0n) is 20.6. The Kier molecular flexibility index (Phi) is 8.05. The highest BCUT2D eigenvalue weighted by Gasteiger charge is 2.45. The number of aryl methyl sites for hydroxylation is 1. The number of rotatable bonds is 8. The first-order valence-corrected chi connectivity index (χ1v) is 13.3. The molecular formula is C31H32O4S. The molecule has 5 heteroatoms. The average Bonchev–Trinajstić information content (AvgIpc) is 2.91. The number of thioether (sulfide) groups is 1. The highest BCUT2D eigenvalue weighted by Crippen LogP contribution is 2.36. The van der Waals surface area contributed by atoms with Crippen LogP contribution in [0.15, 0.2) is 102 Å². The largest absolute Gasteiger partial charge is 0.387 e. The standard InChI is InChI=1S/C31H32O4S/c1-21-12-16-27(17-13-21)36-31-28(32)30(34-19-23-8-4-3-5-9-23)29(22(2)35-31)33-20-24-14-15-25-10-6-7-11-26(25)18-24/h3-18,22,28-32H,19-20H2,1-2H3/t22-,28+,29-,30-,31-/m0/s1. The summed E-state index contributed by atoms with van der Waals surface area (Å²) in [5.41, 5.74) is 2.88. The molecule has 186 valence electrons. The second-order valence-corrected chi connectivity index (χ2v) is 10.5. The lowest BCUT2D eigenvalue weighted by atomic mass is 10.00. The predicted octanol–water partition coefficient (Wildman–Crippen LogP) is 6.52. The van der Waals surface area contributed by atoms with Crippen molar-refractivity contribution in [2.45, 2.75) is 61.8 Å². The molecule has 4 aromatic carbocycles. The molecular weight excluding hydrogens is 468 g/mol. The number of ether oxygens (including phenoxy) is 3.